The van der Waals surface area contributed by atoms with Crippen LogP contribution >= 0.6 is 0 Å². The zero-order valence-corrected chi connectivity index (χ0v) is 23.0. The average molecular weight is 488 g/mol. The van der Waals surface area contributed by atoms with Gasteiger partial charge in [-0.3, -0.25) is 0 Å². The molecule has 3 aromatic rings. The summed E-state index contributed by atoms with van der Waals surface area (Å²) in [6, 6.07) is 17.2. The molecule has 4 rings (SSSR count). The van der Waals surface area contributed by atoms with Crippen LogP contribution in [0.25, 0.3) is 21.9 Å². The van der Waals surface area contributed by atoms with Gasteiger partial charge in [0.25, 0.3) is 0 Å². The van der Waals surface area contributed by atoms with E-state index in [2.05, 4.69) is 52.4 Å². The minimum Gasteiger partial charge on any atom is -0.468 e. The van der Waals surface area contributed by atoms with E-state index in [1.54, 1.807) is 6.20 Å². The molecule has 1 saturated heterocycles. The third kappa shape index (κ3) is 6.98. The van der Waals surface area contributed by atoms with Crippen molar-refractivity contribution < 1.29 is 9.47 Å². The van der Waals surface area contributed by atoms with E-state index in [4.69, 9.17) is 9.47 Å². The Morgan fingerprint density at radius 1 is 0.917 bits per heavy atom. The second-order valence-corrected chi connectivity index (χ2v) is 10.7. The van der Waals surface area contributed by atoms with Crippen LogP contribution in [0.1, 0.15) is 73.3 Å². The molecule has 0 bridgehead atoms. The molecule has 0 unspecified atom stereocenters. The number of aromatic nitrogens is 1. The molecule has 1 aliphatic rings. The number of rotatable bonds is 6. The Morgan fingerprint density at radius 3 is 2.25 bits per heavy atom. The summed E-state index contributed by atoms with van der Waals surface area (Å²) in [5, 5.41) is 12.4. The van der Waals surface area contributed by atoms with Crippen molar-refractivity contribution in [1.29, 1.82) is 5.26 Å². The summed E-state index contributed by atoms with van der Waals surface area (Å²) in [7, 11) is 0. The first-order valence-electron chi connectivity index (χ1n) is 13.2. The number of fused-ring (bicyclic) bond motifs is 1. The average Bonchev–Trinajstić information content (AvgIpc) is 2.88. The molecule has 5 nitrogen and oxygen atoms in total. The normalized spacial score (nSPS) is 14.1. The fourth-order valence-corrected chi connectivity index (χ4v) is 4.30. The highest BCUT2D eigenvalue weighted by Crippen LogP contribution is 2.33. The van der Waals surface area contributed by atoms with Gasteiger partial charge in [0.05, 0.1) is 12.2 Å². The van der Waals surface area contributed by atoms with Crippen molar-refractivity contribution >= 4 is 16.5 Å². The molecule has 0 atom stereocenters. The second kappa shape index (κ2) is 11.8. The number of hydrogen-bond donors (Lipinski definition) is 0. The van der Waals surface area contributed by atoms with Gasteiger partial charge in [-0.05, 0) is 94.5 Å². The lowest BCUT2D eigenvalue weighted by Gasteiger charge is -2.30. The Morgan fingerprint density at radius 2 is 1.58 bits per heavy atom. The molecule has 1 fully saturated rings. The van der Waals surface area contributed by atoms with Gasteiger partial charge < -0.3 is 14.4 Å². The number of anilines is 1. The molecule has 0 aliphatic carbocycles. The molecule has 0 saturated carbocycles. The number of pyridine rings is 1. The van der Waals surface area contributed by atoms with Crippen molar-refractivity contribution in [2.45, 2.75) is 78.9 Å². The topological polar surface area (TPSA) is 58.4 Å². The minimum absolute atomic E-state index is 0.271. The third-order valence-corrected chi connectivity index (χ3v) is 6.11. The van der Waals surface area contributed by atoms with E-state index in [0.29, 0.717) is 18.1 Å². The van der Waals surface area contributed by atoms with E-state index >= 15 is 0 Å². The van der Waals surface area contributed by atoms with Gasteiger partial charge in [-0.15, -0.1) is 0 Å². The summed E-state index contributed by atoms with van der Waals surface area (Å²) >= 11 is 0. The van der Waals surface area contributed by atoms with Crippen molar-refractivity contribution in [3.05, 3.63) is 54.2 Å². The maximum atomic E-state index is 10.0. The predicted molar refractivity (Wildman–Crippen MR) is 150 cm³/mol. The maximum absolute atomic E-state index is 10.0. The third-order valence-electron chi connectivity index (χ3n) is 6.11. The summed E-state index contributed by atoms with van der Waals surface area (Å²) in [6.07, 6.45) is 5.56. The number of ether oxygens (including phenoxy) is 2. The standard InChI is InChI=1S/C29H35N3O2.C2H6/c1-28(2,3)33-20-29(4,5)34-27-26(19-30)25(13-14-31-27)23-10-9-22-18-24(12-11-21(22)17-23)32-15-7-6-8-16-32;1-2/h9-14,17-18H,6-8,15-16,20H2,1-5H3;1-2H3. The van der Waals surface area contributed by atoms with E-state index in [9.17, 15) is 5.26 Å². The Hall–Kier alpha value is -3.10. The van der Waals surface area contributed by atoms with E-state index in [1.165, 1.54) is 30.3 Å². The van der Waals surface area contributed by atoms with Crippen LogP contribution in [-0.2, 0) is 4.74 Å². The summed E-state index contributed by atoms with van der Waals surface area (Å²) in [4.78, 5) is 6.86. The Balaban J connectivity index is 0.00000176. The van der Waals surface area contributed by atoms with Gasteiger partial charge in [-0.25, -0.2) is 4.98 Å². The van der Waals surface area contributed by atoms with Crippen molar-refractivity contribution in [3.8, 4) is 23.1 Å². The van der Waals surface area contributed by atoms with Crippen LogP contribution in [0.5, 0.6) is 5.88 Å². The smallest absolute Gasteiger partial charge is 0.232 e. The van der Waals surface area contributed by atoms with Crippen LogP contribution in [-0.4, -0.2) is 35.9 Å². The summed E-state index contributed by atoms with van der Waals surface area (Å²) in [5.74, 6) is 0.336. The highest BCUT2D eigenvalue weighted by Gasteiger charge is 2.26. The first-order chi connectivity index (χ1) is 17.1. The van der Waals surface area contributed by atoms with Gasteiger partial charge >= 0.3 is 0 Å². The number of hydrogen-bond acceptors (Lipinski definition) is 5. The zero-order chi connectivity index (χ0) is 26.3. The van der Waals surface area contributed by atoms with E-state index in [0.717, 1.165) is 29.6 Å². The molecule has 5 heteroatoms. The van der Waals surface area contributed by atoms with E-state index in [1.807, 2.05) is 54.5 Å². The number of nitrogens with zero attached hydrogens (tertiary/aromatic N) is 3. The fourth-order valence-electron chi connectivity index (χ4n) is 4.30. The molecule has 192 valence electrons. The highest BCUT2D eigenvalue weighted by atomic mass is 16.6. The first kappa shape index (κ1) is 27.5. The predicted octanol–water partition coefficient (Wildman–Crippen LogP) is 7.76. The van der Waals surface area contributed by atoms with Crippen molar-refractivity contribution in [1.82, 2.24) is 4.98 Å². The highest BCUT2D eigenvalue weighted by molar-refractivity contribution is 5.90. The summed E-state index contributed by atoms with van der Waals surface area (Å²) < 4.78 is 12.1. The van der Waals surface area contributed by atoms with Crippen LogP contribution in [0.4, 0.5) is 5.69 Å². The van der Waals surface area contributed by atoms with Crippen molar-refractivity contribution in [3.63, 3.8) is 0 Å². The first-order valence-corrected chi connectivity index (χ1v) is 13.2. The summed E-state index contributed by atoms with van der Waals surface area (Å²) in [6.45, 7) is 16.6. The lowest BCUT2D eigenvalue weighted by Crippen LogP contribution is -2.38. The maximum Gasteiger partial charge on any atom is 0.232 e. The number of nitriles is 1. The van der Waals surface area contributed by atoms with Crippen LogP contribution < -0.4 is 9.64 Å². The lowest BCUT2D eigenvalue weighted by atomic mass is 9.98. The molecular formula is C31H41N3O2. The molecule has 36 heavy (non-hydrogen) atoms. The zero-order valence-electron chi connectivity index (χ0n) is 23.0. The van der Waals surface area contributed by atoms with Crippen LogP contribution in [0, 0.1) is 11.3 Å². The molecule has 0 amide bonds. The molecule has 0 spiro atoms. The fraction of sp³-hybridized carbons (Fsp3) is 0.484. The van der Waals surface area contributed by atoms with Crippen LogP contribution in [0.15, 0.2) is 48.7 Å². The SMILES string of the molecule is CC.CC(C)(C)OCC(C)(C)Oc1nccc(-c2ccc3cc(N4CCCCC4)ccc3c2)c1C#N. The Kier molecular flexibility index (Phi) is 8.98. The molecule has 1 aromatic heterocycles. The van der Waals surface area contributed by atoms with Gasteiger partial charge in [0.1, 0.15) is 17.2 Å². The van der Waals surface area contributed by atoms with Gasteiger partial charge in [0.15, 0.2) is 0 Å². The molecular weight excluding hydrogens is 446 g/mol. The molecule has 0 N–H and O–H groups in total. The second-order valence-electron chi connectivity index (χ2n) is 10.7. The quantitative estimate of drug-likeness (QED) is 0.355. The minimum atomic E-state index is -0.626. The molecule has 0 radical (unpaired) electrons. The van der Waals surface area contributed by atoms with Crippen molar-refractivity contribution in [2.24, 2.45) is 0 Å². The van der Waals surface area contributed by atoms with Gasteiger partial charge in [0.2, 0.25) is 5.88 Å². The lowest BCUT2D eigenvalue weighted by molar-refractivity contribution is -0.0735. The van der Waals surface area contributed by atoms with Gasteiger partial charge in [-0.2, -0.15) is 5.26 Å². The van der Waals surface area contributed by atoms with Crippen LogP contribution in [0.3, 0.4) is 0 Å². The monoisotopic (exact) mass is 487 g/mol. The molecule has 1 aliphatic heterocycles. The number of piperidine rings is 1. The number of benzene rings is 2. The van der Waals surface area contributed by atoms with Gasteiger partial charge in [-0.1, -0.05) is 32.0 Å². The van der Waals surface area contributed by atoms with E-state index < -0.39 is 5.60 Å². The largest absolute Gasteiger partial charge is 0.468 e. The Bertz CT molecular complexity index is 1200. The van der Waals surface area contributed by atoms with Crippen molar-refractivity contribution in [2.75, 3.05) is 24.6 Å². The summed E-state index contributed by atoms with van der Waals surface area (Å²) in [5.41, 5.74) is 2.63. The molecule has 2 aromatic carbocycles. The Labute approximate surface area is 217 Å². The van der Waals surface area contributed by atoms with Crippen LogP contribution in [0.2, 0.25) is 0 Å². The van der Waals surface area contributed by atoms with Gasteiger partial charge in [0, 0.05) is 30.5 Å². The van der Waals surface area contributed by atoms with E-state index in [-0.39, 0.29) is 5.60 Å². The molecule has 2 heterocycles.